The lowest BCUT2D eigenvalue weighted by molar-refractivity contribution is -0.115. The van der Waals surface area contributed by atoms with E-state index >= 15 is 0 Å². The topological polar surface area (TPSA) is 118 Å². The highest BCUT2D eigenvalue weighted by molar-refractivity contribution is 6.00. The van der Waals surface area contributed by atoms with E-state index in [4.69, 9.17) is 10.3 Å². The first-order valence-corrected chi connectivity index (χ1v) is 15.1. The van der Waals surface area contributed by atoms with E-state index in [1.807, 2.05) is 45.0 Å². The smallest absolute Gasteiger partial charge is 0.230 e. The number of piperazine rings is 1. The Morgan fingerprint density at radius 2 is 1.71 bits per heavy atom. The van der Waals surface area contributed by atoms with Crippen molar-refractivity contribution in [3.05, 3.63) is 54.2 Å². The van der Waals surface area contributed by atoms with E-state index in [-0.39, 0.29) is 17.7 Å². The van der Waals surface area contributed by atoms with Crippen molar-refractivity contribution in [2.45, 2.75) is 70.4 Å². The van der Waals surface area contributed by atoms with Gasteiger partial charge in [0.1, 0.15) is 23.6 Å². The molecule has 1 aliphatic heterocycles. The van der Waals surface area contributed by atoms with Gasteiger partial charge in [0.25, 0.3) is 0 Å². The molecule has 0 atom stereocenters. The van der Waals surface area contributed by atoms with Crippen molar-refractivity contribution < 1.29 is 9.32 Å². The molecule has 1 aliphatic carbocycles. The second-order valence-corrected chi connectivity index (χ2v) is 13.0. The predicted molar refractivity (Wildman–Crippen MR) is 165 cm³/mol. The molecule has 42 heavy (non-hydrogen) atoms. The average Bonchev–Trinajstić information content (AvgIpc) is 3.60. The largest absolute Gasteiger partial charge is 0.383 e. The van der Waals surface area contributed by atoms with Crippen molar-refractivity contribution in [3.63, 3.8) is 0 Å². The fourth-order valence-corrected chi connectivity index (χ4v) is 6.36. The number of hydrogen-bond acceptors (Lipinski definition) is 8. The van der Waals surface area contributed by atoms with Crippen LogP contribution in [-0.4, -0.2) is 74.7 Å². The van der Waals surface area contributed by atoms with Crippen LogP contribution in [0.3, 0.4) is 0 Å². The fraction of sp³-hybridized carbons (Fsp3) is 0.500. The minimum atomic E-state index is -0.173. The Hall–Kier alpha value is -3.76. The molecule has 4 heterocycles. The van der Waals surface area contributed by atoms with Crippen molar-refractivity contribution in [2.75, 3.05) is 44.3 Å². The number of nitrogen functional groups attached to an aromatic ring is 1. The molecule has 10 nitrogen and oxygen atoms in total. The Morgan fingerprint density at radius 1 is 1.02 bits per heavy atom. The van der Waals surface area contributed by atoms with Crippen LogP contribution in [-0.2, 0) is 16.6 Å². The van der Waals surface area contributed by atoms with Gasteiger partial charge in [0.15, 0.2) is 5.82 Å². The second kappa shape index (κ2) is 11.5. The zero-order valence-electron chi connectivity index (χ0n) is 25.1. The summed E-state index contributed by atoms with van der Waals surface area (Å²) >= 11 is 0. The number of benzene rings is 1. The molecule has 0 radical (unpaired) electrons. The highest BCUT2D eigenvalue weighted by atomic mass is 16.5. The zero-order chi connectivity index (χ0) is 29.4. The molecule has 0 bridgehead atoms. The molecule has 3 aromatic heterocycles. The zero-order valence-corrected chi connectivity index (χ0v) is 25.1. The van der Waals surface area contributed by atoms with Gasteiger partial charge in [0.2, 0.25) is 5.91 Å². The van der Waals surface area contributed by atoms with Gasteiger partial charge in [-0.25, -0.2) is 9.97 Å². The average molecular weight is 571 g/mol. The van der Waals surface area contributed by atoms with Crippen LogP contribution in [0.4, 0.5) is 11.6 Å². The van der Waals surface area contributed by atoms with Crippen LogP contribution in [0.2, 0.25) is 0 Å². The number of fused-ring (bicyclic) bond motifs is 1. The Balaban J connectivity index is 1.16. The van der Waals surface area contributed by atoms with Crippen molar-refractivity contribution in [1.29, 1.82) is 0 Å². The van der Waals surface area contributed by atoms with E-state index < -0.39 is 0 Å². The van der Waals surface area contributed by atoms with Crippen LogP contribution < -0.4 is 11.1 Å². The molecule has 2 fully saturated rings. The van der Waals surface area contributed by atoms with E-state index in [0.29, 0.717) is 23.7 Å². The first-order valence-electron chi connectivity index (χ1n) is 15.1. The summed E-state index contributed by atoms with van der Waals surface area (Å²) < 4.78 is 7.71. The van der Waals surface area contributed by atoms with Crippen LogP contribution in [0.15, 0.2) is 47.4 Å². The molecule has 0 unspecified atom stereocenters. The molecule has 2 aliphatic rings. The van der Waals surface area contributed by atoms with E-state index in [9.17, 15) is 4.79 Å². The van der Waals surface area contributed by atoms with Crippen LogP contribution in [0.25, 0.3) is 22.2 Å². The van der Waals surface area contributed by atoms with Gasteiger partial charge in [0.05, 0.1) is 11.8 Å². The number of nitrogens with one attached hydrogen (secondary N) is 1. The standard InChI is InChI=1S/C32H42N8O2/c1-32(2,3)26-18-27(37-42-26)36-28(41)17-21-5-7-22(8-6-21)25-19-40(31-29(25)30(33)34-20-35-31)24-11-9-23(10-12-24)39-15-13-38(4)14-16-39/h5-8,18-20,23-24H,9-17H2,1-4H3,(H2,33,34,35)(H,36,37,41). The van der Waals surface area contributed by atoms with E-state index in [2.05, 4.69) is 48.1 Å². The number of carbonyl (C=O) groups excluding carboxylic acids is 1. The van der Waals surface area contributed by atoms with Gasteiger partial charge in [-0.3, -0.25) is 9.69 Å². The van der Waals surface area contributed by atoms with Crippen LogP contribution in [0.5, 0.6) is 0 Å². The van der Waals surface area contributed by atoms with Gasteiger partial charge in [-0.05, 0) is 43.9 Å². The fourth-order valence-electron chi connectivity index (χ4n) is 6.36. The van der Waals surface area contributed by atoms with Crippen LogP contribution in [0, 0.1) is 0 Å². The van der Waals surface area contributed by atoms with Crippen molar-refractivity contribution in [2.24, 2.45) is 0 Å². The second-order valence-electron chi connectivity index (χ2n) is 13.0. The minimum absolute atomic E-state index is 0.141. The van der Waals surface area contributed by atoms with Gasteiger partial charge < -0.3 is 25.0 Å². The lowest BCUT2D eigenvalue weighted by Gasteiger charge is -2.41. The summed E-state index contributed by atoms with van der Waals surface area (Å²) in [5, 5.41) is 7.72. The quantitative estimate of drug-likeness (QED) is 0.337. The summed E-state index contributed by atoms with van der Waals surface area (Å²) in [5.74, 6) is 1.51. The maximum atomic E-state index is 12.7. The van der Waals surface area contributed by atoms with E-state index in [0.717, 1.165) is 59.4 Å². The maximum Gasteiger partial charge on any atom is 0.230 e. The molecule has 1 saturated carbocycles. The lowest BCUT2D eigenvalue weighted by Crippen LogP contribution is -2.49. The first kappa shape index (κ1) is 28.4. The van der Waals surface area contributed by atoms with E-state index in [1.54, 1.807) is 12.4 Å². The van der Waals surface area contributed by atoms with Crippen LogP contribution >= 0.6 is 0 Å². The van der Waals surface area contributed by atoms with Gasteiger partial charge in [-0.2, -0.15) is 0 Å². The van der Waals surface area contributed by atoms with Crippen LogP contribution in [0.1, 0.15) is 63.8 Å². The van der Waals surface area contributed by atoms with Gasteiger partial charge in [-0.15, -0.1) is 0 Å². The highest BCUT2D eigenvalue weighted by Crippen LogP contribution is 2.39. The number of amides is 1. The van der Waals surface area contributed by atoms with Crippen molar-refractivity contribution >= 4 is 28.6 Å². The third kappa shape index (κ3) is 5.91. The molecular formula is C32H42N8O2. The Morgan fingerprint density at radius 3 is 2.38 bits per heavy atom. The summed E-state index contributed by atoms with van der Waals surface area (Å²) in [6.45, 7) is 10.8. The molecule has 0 spiro atoms. The molecule has 1 saturated heterocycles. The lowest BCUT2D eigenvalue weighted by atomic mass is 9.89. The summed E-state index contributed by atoms with van der Waals surface area (Å²) in [6.07, 6.45) is 8.66. The normalized spacial score (nSPS) is 20.7. The van der Waals surface area contributed by atoms with Gasteiger partial charge in [-0.1, -0.05) is 50.2 Å². The molecular weight excluding hydrogens is 528 g/mol. The van der Waals surface area contributed by atoms with Gasteiger partial charge in [0, 0.05) is 61.5 Å². The number of likely N-dealkylation sites (N-methyl/N-ethyl adjacent to an activating group) is 1. The number of hydrogen-bond donors (Lipinski definition) is 2. The predicted octanol–water partition coefficient (Wildman–Crippen LogP) is 4.88. The Bertz CT molecular complexity index is 1530. The third-order valence-corrected chi connectivity index (χ3v) is 8.90. The first-order chi connectivity index (χ1) is 20.2. The molecule has 4 aromatic rings. The van der Waals surface area contributed by atoms with Crippen molar-refractivity contribution in [1.82, 2.24) is 29.5 Å². The number of anilines is 2. The molecule has 3 N–H and O–H groups in total. The number of aromatic nitrogens is 4. The highest BCUT2D eigenvalue weighted by Gasteiger charge is 2.30. The molecule has 10 heteroatoms. The summed E-state index contributed by atoms with van der Waals surface area (Å²) in [4.78, 5) is 26.8. The number of nitrogens with two attached hydrogens (primary N) is 1. The summed E-state index contributed by atoms with van der Waals surface area (Å²) in [6, 6.07) is 10.9. The van der Waals surface area contributed by atoms with E-state index in [1.165, 1.54) is 25.9 Å². The Labute approximate surface area is 247 Å². The monoisotopic (exact) mass is 570 g/mol. The molecule has 1 amide bonds. The summed E-state index contributed by atoms with van der Waals surface area (Å²) in [7, 11) is 2.21. The number of nitrogens with zero attached hydrogens (tertiary/aromatic N) is 6. The molecule has 222 valence electrons. The Kier molecular flexibility index (Phi) is 7.76. The summed E-state index contributed by atoms with van der Waals surface area (Å²) in [5.41, 5.74) is 10.1. The SMILES string of the molecule is CN1CCN(C2CCC(n3cc(-c4ccc(CC(=O)Nc5cc(C(C)(C)C)on5)cc4)c4c(N)ncnc43)CC2)CC1. The van der Waals surface area contributed by atoms with Crippen molar-refractivity contribution in [3.8, 4) is 11.1 Å². The molecule has 1 aromatic carbocycles. The third-order valence-electron chi connectivity index (χ3n) is 8.90. The molecule has 6 rings (SSSR count). The number of rotatable bonds is 6. The number of carbonyl (C=O) groups is 1. The minimum Gasteiger partial charge on any atom is -0.383 e. The van der Waals surface area contributed by atoms with Gasteiger partial charge >= 0.3 is 0 Å². The maximum absolute atomic E-state index is 12.7.